The number of nitrogens with one attached hydrogen (secondary N) is 1. The van der Waals surface area contributed by atoms with Crippen molar-refractivity contribution < 1.29 is 37.3 Å². The van der Waals surface area contributed by atoms with Crippen molar-refractivity contribution in [1.82, 2.24) is 5.32 Å². The number of rotatable bonds is 59. The molecule has 1 N–H and O–H groups in total. The van der Waals surface area contributed by atoms with Crippen LogP contribution in [-0.4, -0.2) is 69.4 Å². The third kappa shape index (κ3) is 59.6. The van der Waals surface area contributed by atoms with Crippen LogP contribution in [0.5, 0.6) is 0 Å². The smallest absolute Gasteiger partial charge is 0.306 e. The number of hydrogen-bond acceptors (Lipinski definition) is 7. The maximum absolute atomic E-state index is 13.5. The van der Waals surface area contributed by atoms with Gasteiger partial charge < -0.3 is 28.5 Å². The van der Waals surface area contributed by atoms with Crippen molar-refractivity contribution in [1.29, 1.82) is 0 Å². The molecule has 79 heavy (non-hydrogen) atoms. The first-order valence-corrected chi connectivity index (χ1v) is 34.4. The van der Waals surface area contributed by atoms with Crippen molar-refractivity contribution in [2.24, 2.45) is 0 Å². The Bertz CT molecular complexity index is 1630. The monoisotopic (exact) mass is 1120 g/mol. The summed E-state index contributed by atoms with van der Waals surface area (Å²) in [5, 5.41) is 3.02. The number of carbonyl (C=O) groups is 2. The topological polar surface area (TPSA) is 114 Å². The molecule has 3 unspecified atom stereocenters. The number of nitrogens with zero attached hydrogens (tertiary/aromatic N) is 1. The quantitative estimate of drug-likeness (QED) is 0.0212. The Morgan fingerprint density at radius 3 is 1.22 bits per heavy atom. The molecule has 0 radical (unpaired) electrons. The van der Waals surface area contributed by atoms with Crippen LogP contribution in [0.25, 0.3) is 0 Å². The van der Waals surface area contributed by atoms with Gasteiger partial charge in [0.25, 0.3) is 7.82 Å². The van der Waals surface area contributed by atoms with Crippen LogP contribution < -0.4 is 10.2 Å². The molecule has 0 saturated heterocycles. The van der Waals surface area contributed by atoms with E-state index in [-0.39, 0.29) is 31.3 Å². The summed E-state index contributed by atoms with van der Waals surface area (Å²) in [7, 11) is 1.16. The fraction of sp³-hybridized carbons (Fsp3) is 0.768. The lowest BCUT2D eigenvalue weighted by molar-refractivity contribution is -0.870. The van der Waals surface area contributed by atoms with Crippen molar-refractivity contribution in [2.45, 2.75) is 303 Å². The van der Waals surface area contributed by atoms with Crippen LogP contribution in [-0.2, 0) is 27.9 Å². The number of amides is 1. The summed E-state index contributed by atoms with van der Waals surface area (Å²) in [6.45, 7) is 6.72. The minimum Gasteiger partial charge on any atom is -0.756 e. The Hall–Kier alpha value is -2.81. The van der Waals surface area contributed by atoms with Gasteiger partial charge in [0.05, 0.1) is 33.8 Å². The van der Waals surface area contributed by atoms with Crippen LogP contribution in [0.1, 0.15) is 290 Å². The zero-order valence-corrected chi connectivity index (χ0v) is 53.2. The van der Waals surface area contributed by atoms with E-state index in [1.54, 1.807) is 0 Å². The molecular weight excluding hydrogens is 1000 g/mol. The van der Waals surface area contributed by atoms with Crippen molar-refractivity contribution >= 4 is 19.7 Å². The zero-order chi connectivity index (χ0) is 57.9. The van der Waals surface area contributed by atoms with E-state index in [9.17, 15) is 19.0 Å². The number of allylic oxidation sites excluding steroid dienone is 13. The number of quaternary nitrogens is 1. The molecule has 0 rings (SSSR count). The van der Waals surface area contributed by atoms with Gasteiger partial charge in [-0.3, -0.25) is 14.2 Å². The summed E-state index contributed by atoms with van der Waals surface area (Å²) >= 11 is 0. The average Bonchev–Trinajstić information content (AvgIpc) is 3.41. The number of ether oxygens (including phenoxy) is 1. The predicted molar refractivity (Wildman–Crippen MR) is 339 cm³/mol. The van der Waals surface area contributed by atoms with Gasteiger partial charge in [0, 0.05) is 12.8 Å². The lowest BCUT2D eigenvalue weighted by Gasteiger charge is -2.30. The second kappa shape index (κ2) is 58.4. The first-order chi connectivity index (χ1) is 38.4. The fourth-order valence-corrected chi connectivity index (χ4v) is 10.0. The van der Waals surface area contributed by atoms with Crippen LogP contribution in [0.3, 0.4) is 0 Å². The maximum atomic E-state index is 13.5. The molecule has 3 atom stereocenters. The molecule has 0 aromatic heterocycles. The minimum absolute atomic E-state index is 0.0299. The Kier molecular flexibility index (Phi) is 56.3. The third-order valence-electron chi connectivity index (χ3n) is 14.3. The number of likely N-dealkylation sites (N-methyl/N-ethyl adjacent to an activating group) is 1. The van der Waals surface area contributed by atoms with Gasteiger partial charge >= 0.3 is 5.97 Å². The van der Waals surface area contributed by atoms with E-state index in [2.05, 4.69) is 99.0 Å². The van der Waals surface area contributed by atoms with Crippen molar-refractivity contribution in [3.8, 4) is 0 Å². The summed E-state index contributed by atoms with van der Waals surface area (Å²) < 4.78 is 30.3. The SMILES string of the molecule is CC/C=C\C/C=C\C/C=C\C/C=C\C/C=C\C/C=C\CCCCCCC(=O)NC(COP(=O)([O-])OCC[N+](C)(C)C)C(/C=C/CCCCCCCCCCC)OC(=O)CCCCCCCCCCCCCCCCCCCCC. The van der Waals surface area contributed by atoms with E-state index in [4.69, 9.17) is 13.8 Å². The molecule has 9 nitrogen and oxygen atoms in total. The van der Waals surface area contributed by atoms with Crippen LogP contribution in [0, 0.1) is 0 Å². The van der Waals surface area contributed by atoms with Crippen LogP contribution in [0.15, 0.2) is 85.1 Å². The highest BCUT2D eigenvalue weighted by molar-refractivity contribution is 7.45. The molecule has 0 heterocycles. The van der Waals surface area contributed by atoms with Gasteiger partial charge in [-0.25, -0.2) is 0 Å². The number of phosphoric ester groups is 1. The van der Waals surface area contributed by atoms with Gasteiger partial charge in [-0.2, -0.15) is 0 Å². The zero-order valence-electron chi connectivity index (χ0n) is 52.3. The molecule has 0 saturated carbocycles. The Morgan fingerprint density at radius 1 is 0.456 bits per heavy atom. The molecule has 0 bridgehead atoms. The highest BCUT2D eigenvalue weighted by Gasteiger charge is 2.27. The van der Waals surface area contributed by atoms with E-state index in [1.807, 2.05) is 33.3 Å². The molecule has 10 heteroatoms. The Morgan fingerprint density at radius 2 is 0.810 bits per heavy atom. The normalized spacial score (nSPS) is 14.2. The molecule has 0 aromatic carbocycles. The molecule has 0 fully saturated rings. The molecule has 0 aliphatic carbocycles. The summed E-state index contributed by atoms with van der Waals surface area (Å²) in [5.74, 6) is -0.565. The second-order valence-electron chi connectivity index (χ2n) is 23.2. The minimum atomic E-state index is -4.71. The van der Waals surface area contributed by atoms with Crippen molar-refractivity contribution in [3.63, 3.8) is 0 Å². The van der Waals surface area contributed by atoms with Gasteiger partial charge in [-0.05, 0) is 83.1 Å². The number of unbranched alkanes of at least 4 members (excludes halogenated alkanes) is 31. The maximum Gasteiger partial charge on any atom is 0.306 e. The summed E-state index contributed by atoms with van der Waals surface area (Å²) in [6, 6.07) is -0.904. The van der Waals surface area contributed by atoms with Gasteiger partial charge in [0.1, 0.15) is 19.3 Å². The number of phosphoric acid groups is 1. The van der Waals surface area contributed by atoms with E-state index in [1.165, 1.54) is 148 Å². The molecular formula is C69H125N2O7P. The van der Waals surface area contributed by atoms with Crippen LogP contribution in [0.4, 0.5) is 0 Å². The first-order valence-electron chi connectivity index (χ1n) is 32.9. The highest BCUT2D eigenvalue weighted by atomic mass is 31.2. The fourth-order valence-electron chi connectivity index (χ4n) is 9.29. The van der Waals surface area contributed by atoms with Crippen LogP contribution >= 0.6 is 7.82 Å². The lowest BCUT2D eigenvalue weighted by Crippen LogP contribution is -2.47. The molecule has 0 aliphatic heterocycles. The van der Waals surface area contributed by atoms with E-state index in [0.29, 0.717) is 17.4 Å². The van der Waals surface area contributed by atoms with Gasteiger partial charge in [-0.15, -0.1) is 0 Å². The van der Waals surface area contributed by atoms with E-state index in [0.717, 1.165) is 103 Å². The largest absolute Gasteiger partial charge is 0.756 e. The van der Waals surface area contributed by atoms with Gasteiger partial charge in [-0.1, -0.05) is 280 Å². The standard InChI is InChI=1S/C69H125N2O7P/c1-7-10-13-16-19-22-25-27-29-31-33-34-35-36-38-39-41-43-46-49-52-55-58-61-68(72)70-66(65-77-79(74,75)76-64-63-71(4,5)6)67(60-57-54-51-48-45-24-21-18-15-12-9-3)78-69(73)62-59-56-53-50-47-44-42-40-37-32-30-28-26-23-20-17-14-11-8-2/h10,13,19,22,27,29,33-34,36,38,41,43,57,60,66-67H,7-9,11-12,14-18,20-21,23-26,28,30-32,35,37,39-40,42,44-56,58-59,61-65H2,1-6H3,(H-,70,72,74,75)/b13-10-,22-19-,29-27-,34-33-,38-36-,43-41-,60-57+. The molecule has 458 valence electrons. The third-order valence-corrected chi connectivity index (χ3v) is 15.3. The molecule has 0 spiro atoms. The summed E-state index contributed by atoms with van der Waals surface area (Å²) in [6.07, 6.45) is 77.0. The lowest BCUT2D eigenvalue weighted by atomic mass is 10.0. The second-order valence-corrected chi connectivity index (χ2v) is 24.7. The summed E-state index contributed by atoms with van der Waals surface area (Å²) in [5.41, 5.74) is 0. The van der Waals surface area contributed by atoms with Crippen molar-refractivity contribution in [3.05, 3.63) is 85.1 Å². The average molecular weight is 1130 g/mol. The number of hydrogen-bond donors (Lipinski definition) is 1. The van der Waals surface area contributed by atoms with Crippen molar-refractivity contribution in [2.75, 3.05) is 40.9 Å². The number of carbonyl (C=O) groups excluding carboxylic acids is 2. The van der Waals surface area contributed by atoms with E-state index >= 15 is 0 Å². The van der Waals surface area contributed by atoms with Gasteiger partial charge in [0.2, 0.25) is 5.91 Å². The van der Waals surface area contributed by atoms with E-state index < -0.39 is 26.6 Å². The Labute approximate surface area is 488 Å². The first kappa shape index (κ1) is 76.2. The molecule has 1 amide bonds. The highest BCUT2D eigenvalue weighted by Crippen LogP contribution is 2.38. The summed E-state index contributed by atoms with van der Waals surface area (Å²) in [4.78, 5) is 40.0. The predicted octanol–water partition coefficient (Wildman–Crippen LogP) is 19.9. The van der Waals surface area contributed by atoms with Gasteiger partial charge in [0.15, 0.2) is 0 Å². The number of esters is 1. The molecule has 0 aromatic rings. The molecule has 0 aliphatic rings. The van der Waals surface area contributed by atoms with Crippen LogP contribution in [0.2, 0.25) is 0 Å². The Balaban J connectivity index is 5.19.